The summed E-state index contributed by atoms with van der Waals surface area (Å²) in [6.45, 7) is 14.8. The quantitative estimate of drug-likeness (QED) is 0.296. The number of hydrogen-bond acceptors (Lipinski definition) is 3. The van der Waals surface area contributed by atoms with E-state index in [2.05, 4.69) is 25.7 Å². The van der Waals surface area contributed by atoms with Crippen LogP contribution in [0.25, 0.3) is 0 Å². The van der Waals surface area contributed by atoms with Crippen LogP contribution in [0.15, 0.2) is 47.6 Å². The Morgan fingerprint density at radius 1 is 1.32 bits per heavy atom. The van der Waals surface area contributed by atoms with Crippen molar-refractivity contribution >= 4 is 5.71 Å². The molecule has 0 fully saturated rings. The number of halogens is 2. The van der Waals surface area contributed by atoms with E-state index in [1.807, 2.05) is 45.0 Å². The van der Waals surface area contributed by atoms with Crippen LogP contribution < -0.4 is 5.32 Å². The summed E-state index contributed by atoms with van der Waals surface area (Å²) in [7, 11) is 1.91. The predicted octanol–water partition coefficient (Wildman–Crippen LogP) is 6.08. The lowest BCUT2D eigenvalue weighted by Gasteiger charge is -2.28. The van der Waals surface area contributed by atoms with Gasteiger partial charge in [-0.2, -0.15) is 5.10 Å². The number of nitrogens with zero attached hydrogens (tertiary/aromatic N) is 2. The summed E-state index contributed by atoms with van der Waals surface area (Å²) >= 11 is 0. The molecule has 1 atom stereocenters. The predicted molar refractivity (Wildman–Crippen MR) is 118 cm³/mol. The molecule has 5 heteroatoms. The molecule has 0 bridgehead atoms. The maximum Gasteiger partial charge on any atom is 0.131 e. The molecule has 1 rings (SSSR count). The molecule has 0 saturated carbocycles. The smallest absolute Gasteiger partial charge is 0.131 e. The SMILES string of the molecule is C/C=C(\C)C(C)N(Cc1ccc(F)cc1F)/N=C(\CC)CCNC.C=CCC. The number of hydrazone groups is 1. The topological polar surface area (TPSA) is 27.6 Å². The Morgan fingerprint density at radius 2 is 1.96 bits per heavy atom. The van der Waals surface area contributed by atoms with Gasteiger partial charge < -0.3 is 5.32 Å². The Kier molecular flexibility index (Phi) is 13.9. The highest BCUT2D eigenvalue weighted by molar-refractivity contribution is 5.84. The molecule has 1 N–H and O–H groups in total. The first-order valence-electron chi connectivity index (χ1n) is 9.99. The van der Waals surface area contributed by atoms with Crippen molar-refractivity contribution in [2.45, 2.75) is 66.5 Å². The molecule has 0 aliphatic carbocycles. The van der Waals surface area contributed by atoms with Gasteiger partial charge in [-0.05, 0) is 53.1 Å². The monoisotopic (exact) mass is 393 g/mol. The third-order valence-electron chi connectivity index (χ3n) is 4.54. The Balaban J connectivity index is 0.00000165. The van der Waals surface area contributed by atoms with Gasteiger partial charge in [-0.25, -0.2) is 8.78 Å². The lowest BCUT2D eigenvalue weighted by Crippen LogP contribution is -2.31. The molecular weight excluding hydrogens is 356 g/mol. The fraction of sp³-hybridized carbons (Fsp3) is 0.522. The molecule has 3 nitrogen and oxygen atoms in total. The minimum atomic E-state index is -0.563. The summed E-state index contributed by atoms with van der Waals surface area (Å²) in [5.74, 6) is -1.10. The van der Waals surface area contributed by atoms with Crippen molar-refractivity contribution in [3.8, 4) is 0 Å². The fourth-order valence-corrected chi connectivity index (χ4v) is 2.31. The normalized spacial score (nSPS) is 12.9. The fourth-order valence-electron chi connectivity index (χ4n) is 2.31. The van der Waals surface area contributed by atoms with Crippen LogP contribution in [-0.2, 0) is 6.54 Å². The highest BCUT2D eigenvalue weighted by Crippen LogP contribution is 2.18. The first-order valence-corrected chi connectivity index (χ1v) is 9.99. The van der Waals surface area contributed by atoms with Crippen LogP contribution in [-0.4, -0.2) is 30.4 Å². The first kappa shape index (κ1) is 26.0. The van der Waals surface area contributed by atoms with E-state index in [1.54, 1.807) is 0 Å². The summed E-state index contributed by atoms with van der Waals surface area (Å²) < 4.78 is 27.2. The van der Waals surface area contributed by atoms with Gasteiger partial charge in [0.15, 0.2) is 0 Å². The molecule has 1 aromatic carbocycles. The Labute approximate surface area is 170 Å². The van der Waals surface area contributed by atoms with Crippen molar-refractivity contribution in [3.05, 3.63) is 59.7 Å². The van der Waals surface area contributed by atoms with Crippen LogP contribution >= 0.6 is 0 Å². The second kappa shape index (κ2) is 15.0. The zero-order valence-corrected chi connectivity index (χ0v) is 18.4. The third kappa shape index (κ3) is 9.79. The molecule has 1 aromatic rings. The molecule has 28 heavy (non-hydrogen) atoms. The minimum absolute atomic E-state index is 0.0376. The number of hydrogen-bond donors (Lipinski definition) is 1. The standard InChI is InChI=1S/C19H29F2N3.C4H8/c1-6-14(3)15(4)24(23-18(7-2)10-11-22-5)13-16-8-9-17(20)12-19(16)21;1-3-4-2/h6,8-9,12,15,22H,7,10-11,13H2,1-5H3;3H,1,4H2,2H3/b14-6+,23-18+;. The Bertz CT molecular complexity index is 639. The van der Waals surface area contributed by atoms with Crippen LogP contribution in [0.1, 0.15) is 59.4 Å². The van der Waals surface area contributed by atoms with Gasteiger partial charge in [-0.15, -0.1) is 6.58 Å². The highest BCUT2D eigenvalue weighted by atomic mass is 19.1. The van der Waals surface area contributed by atoms with Gasteiger partial charge in [0.1, 0.15) is 11.6 Å². The maximum atomic E-state index is 14.0. The average molecular weight is 394 g/mol. The van der Waals surface area contributed by atoms with Gasteiger partial charge >= 0.3 is 0 Å². The van der Waals surface area contributed by atoms with Gasteiger partial charge in [0, 0.05) is 23.9 Å². The molecular formula is C23H37F2N3. The van der Waals surface area contributed by atoms with Crippen molar-refractivity contribution < 1.29 is 8.78 Å². The summed E-state index contributed by atoms with van der Waals surface area (Å²) in [6.07, 6.45) is 6.68. The largest absolute Gasteiger partial charge is 0.319 e. The molecule has 0 amide bonds. The van der Waals surface area contributed by atoms with Crippen molar-refractivity contribution in [1.29, 1.82) is 0 Å². The molecule has 158 valence electrons. The van der Waals surface area contributed by atoms with Gasteiger partial charge in [0.2, 0.25) is 0 Å². The number of rotatable bonds is 10. The lowest BCUT2D eigenvalue weighted by atomic mass is 10.1. The van der Waals surface area contributed by atoms with E-state index < -0.39 is 11.6 Å². The maximum absolute atomic E-state index is 14.0. The summed E-state index contributed by atoms with van der Waals surface area (Å²) in [5.41, 5.74) is 2.66. The highest BCUT2D eigenvalue weighted by Gasteiger charge is 2.17. The van der Waals surface area contributed by atoms with Crippen molar-refractivity contribution in [3.63, 3.8) is 0 Å². The van der Waals surface area contributed by atoms with Gasteiger partial charge in [0.05, 0.1) is 12.6 Å². The van der Waals surface area contributed by atoms with E-state index in [0.717, 1.165) is 43.2 Å². The molecule has 0 aliphatic heterocycles. The minimum Gasteiger partial charge on any atom is -0.319 e. The van der Waals surface area contributed by atoms with E-state index in [9.17, 15) is 8.78 Å². The summed E-state index contributed by atoms with van der Waals surface area (Å²) in [6, 6.07) is 3.74. The van der Waals surface area contributed by atoms with Crippen LogP contribution in [0.3, 0.4) is 0 Å². The summed E-state index contributed by atoms with van der Waals surface area (Å²) in [4.78, 5) is 0. The van der Waals surface area contributed by atoms with E-state index >= 15 is 0 Å². The van der Waals surface area contributed by atoms with Crippen LogP contribution in [0.2, 0.25) is 0 Å². The van der Waals surface area contributed by atoms with E-state index in [1.165, 1.54) is 12.1 Å². The second-order valence-electron chi connectivity index (χ2n) is 6.61. The molecule has 0 heterocycles. The molecule has 0 aromatic heterocycles. The van der Waals surface area contributed by atoms with E-state index in [0.29, 0.717) is 12.1 Å². The molecule has 0 saturated heterocycles. The van der Waals surface area contributed by atoms with E-state index in [4.69, 9.17) is 5.10 Å². The summed E-state index contributed by atoms with van der Waals surface area (Å²) in [5, 5.41) is 9.78. The zero-order chi connectivity index (χ0) is 21.5. The molecule has 0 radical (unpaired) electrons. The van der Waals surface area contributed by atoms with Crippen LogP contribution in [0.5, 0.6) is 0 Å². The Morgan fingerprint density at radius 3 is 2.43 bits per heavy atom. The average Bonchev–Trinajstić information content (AvgIpc) is 2.70. The number of benzene rings is 1. The van der Waals surface area contributed by atoms with Gasteiger partial charge in [-0.1, -0.05) is 37.6 Å². The Hall–Kier alpha value is -2.01. The van der Waals surface area contributed by atoms with Crippen molar-refractivity contribution in [2.75, 3.05) is 13.6 Å². The first-order chi connectivity index (χ1) is 13.3. The zero-order valence-electron chi connectivity index (χ0n) is 18.4. The van der Waals surface area contributed by atoms with E-state index in [-0.39, 0.29) is 6.04 Å². The van der Waals surface area contributed by atoms with Gasteiger partial charge in [-0.3, -0.25) is 5.01 Å². The molecule has 1 unspecified atom stereocenters. The third-order valence-corrected chi connectivity index (χ3v) is 4.54. The van der Waals surface area contributed by atoms with Crippen molar-refractivity contribution in [2.24, 2.45) is 5.10 Å². The number of nitrogens with one attached hydrogen (secondary N) is 1. The van der Waals surface area contributed by atoms with Crippen molar-refractivity contribution in [1.82, 2.24) is 10.3 Å². The molecule has 0 aliphatic rings. The lowest BCUT2D eigenvalue weighted by molar-refractivity contribution is 0.230. The number of allylic oxidation sites excluding steroid dienone is 2. The van der Waals surface area contributed by atoms with Gasteiger partial charge in [0.25, 0.3) is 0 Å². The van der Waals surface area contributed by atoms with Crippen LogP contribution in [0.4, 0.5) is 8.78 Å². The molecule has 0 spiro atoms. The second-order valence-corrected chi connectivity index (χ2v) is 6.61. The van der Waals surface area contributed by atoms with Crippen LogP contribution in [0, 0.1) is 11.6 Å².